The first-order valence-electron chi connectivity index (χ1n) is 7.75. The first-order valence-corrected chi connectivity index (χ1v) is 8.55. The minimum atomic E-state index is 0.429. The van der Waals surface area contributed by atoms with Crippen molar-refractivity contribution in [2.24, 2.45) is 5.92 Å². The maximum atomic E-state index is 3.56. The lowest BCUT2D eigenvalue weighted by Crippen LogP contribution is -2.31. The number of halogens is 1. The van der Waals surface area contributed by atoms with Gasteiger partial charge in [-0.3, -0.25) is 0 Å². The first kappa shape index (κ1) is 17.7. The van der Waals surface area contributed by atoms with Crippen molar-refractivity contribution in [3.63, 3.8) is 0 Å². The third-order valence-corrected chi connectivity index (χ3v) is 4.54. The zero-order chi connectivity index (χ0) is 15.0. The molecule has 1 aromatic rings. The number of hydrogen-bond acceptors (Lipinski definition) is 2. The molecule has 0 amide bonds. The summed E-state index contributed by atoms with van der Waals surface area (Å²) in [6, 6.07) is 9.04. The van der Waals surface area contributed by atoms with E-state index in [1.54, 1.807) is 0 Å². The Balaban J connectivity index is 2.55. The summed E-state index contributed by atoms with van der Waals surface area (Å²) >= 11 is 3.56. The number of hydrogen-bond donors (Lipinski definition) is 1. The Kier molecular flexibility index (Phi) is 8.43. The summed E-state index contributed by atoms with van der Waals surface area (Å²) in [4.78, 5) is 2.57. The fourth-order valence-electron chi connectivity index (χ4n) is 2.46. The van der Waals surface area contributed by atoms with Gasteiger partial charge in [-0.2, -0.15) is 0 Å². The zero-order valence-electron chi connectivity index (χ0n) is 13.3. The predicted molar refractivity (Wildman–Crippen MR) is 92.1 cm³/mol. The van der Waals surface area contributed by atoms with Gasteiger partial charge in [-0.25, -0.2) is 0 Å². The predicted octanol–water partition coefficient (Wildman–Crippen LogP) is 4.47. The molecule has 0 saturated heterocycles. The van der Waals surface area contributed by atoms with E-state index in [0.29, 0.717) is 6.04 Å². The van der Waals surface area contributed by atoms with Gasteiger partial charge in [0.2, 0.25) is 0 Å². The topological polar surface area (TPSA) is 15.3 Å². The van der Waals surface area contributed by atoms with Gasteiger partial charge in [-0.1, -0.05) is 55.3 Å². The Hall–Kier alpha value is -0.380. The lowest BCUT2D eigenvalue weighted by atomic mass is 10.0. The number of benzene rings is 1. The molecule has 0 bridgehead atoms. The van der Waals surface area contributed by atoms with Gasteiger partial charge in [-0.05, 0) is 50.2 Å². The van der Waals surface area contributed by atoms with Crippen LogP contribution >= 0.6 is 15.9 Å². The molecule has 0 heterocycles. The molecule has 2 nitrogen and oxygen atoms in total. The minimum Gasteiger partial charge on any atom is -0.313 e. The first-order chi connectivity index (χ1) is 9.60. The zero-order valence-corrected chi connectivity index (χ0v) is 14.9. The standard InChI is InChI=1S/C17H29BrN2/c1-5-14(3)13-20(6-2)11-10-17(19-4)15-8-7-9-16(18)12-15/h7-9,12,14,17,19H,5-6,10-11,13H2,1-4H3. The van der Waals surface area contributed by atoms with E-state index in [4.69, 9.17) is 0 Å². The van der Waals surface area contributed by atoms with Gasteiger partial charge < -0.3 is 10.2 Å². The van der Waals surface area contributed by atoms with Crippen LogP contribution in [0.2, 0.25) is 0 Å². The van der Waals surface area contributed by atoms with Crippen molar-refractivity contribution >= 4 is 15.9 Å². The molecule has 0 aromatic heterocycles. The van der Waals surface area contributed by atoms with E-state index in [1.165, 1.54) is 18.5 Å². The van der Waals surface area contributed by atoms with E-state index in [2.05, 4.69) is 78.2 Å². The molecule has 2 unspecified atom stereocenters. The molecule has 0 aliphatic rings. The summed E-state index contributed by atoms with van der Waals surface area (Å²) in [6.07, 6.45) is 2.41. The third kappa shape index (κ3) is 5.94. The second kappa shape index (κ2) is 9.54. The molecule has 1 aromatic carbocycles. The molecular weight excluding hydrogens is 312 g/mol. The SMILES string of the molecule is CCC(C)CN(CC)CCC(NC)c1cccc(Br)c1. The second-order valence-corrected chi connectivity index (χ2v) is 6.51. The van der Waals surface area contributed by atoms with Crippen LogP contribution in [-0.2, 0) is 0 Å². The van der Waals surface area contributed by atoms with Crippen LogP contribution in [0.5, 0.6) is 0 Å². The van der Waals surface area contributed by atoms with Crippen LogP contribution in [-0.4, -0.2) is 31.6 Å². The molecule has 1 N–H and O–H groups in total. The Morgan fingerprint density at radius 1 is 1.30 bits per heavy atom. The summed E-state index contributed by atoms with van der Waals surface area (Å²) in [6.45, 7) is 10.4. The quantitative estimate of drug-likeness (QED) is 0.713. The van der Waals surface area contributed by atoms with Gasteiger partial charge in [0.1, 0.15) is 0 Å². The van der Waals surface area contributed by atoms with E-state index in [9.17, 15) is 0 Å². The monoisotopic (exact) mass is 340 g/mol. The Bertz CT molecular complexity index is 381. The molecule has 20 heavy (non-hydrogen) atoms. The van der Waals surface area contributed by atoms with Gasteiger partial charge in [0, 0.05) is 17.1 Å². The normalized spacial score (nSPS) is 14.5. The number of nitrogens with one attached hydrogen (secondary N) is 1. The van der Waals surface area contributed by atoms with Crippen LogP contribution < -0.4 is 5.32 Å². The summed E-state index contributed by atoms with van der Waals surface area (Å²) in [5.74, 6) is 0.786. The summed E-state index contributed by atoms with van der Waals surface area (Å²) < 4.78 is 1.15. The number of rotatable bonds is 9. The van der Waals surface area contributed by atoms with Gasteiger partial charge in [0.05, 0.1) is 0 Å². The molecule has 0 fully saturated rings. The average Bonchev–Trinajstić information content (AvgIpc) is 2.46. The Morgan fingerprint density at radius 3 is 2.60 bits per heavy atom. The van der Waals surface area contributed by atoms with Crippen molar-refractivity contribution in [2.75, 3.05) is 26.7 Å². The van der Waals surface area contributed by atoms with Crippen LogP contribution in [0.3, 0.4) is 0 Å². The number of nitrogens with zero attached hydrogens (tertiary/aromatic N) is 1. The highest BCUT2D eigenvalue weighted by Crippen LogP contribution is 2.21. The Labute approximate surface area is 133 Å². The maximum Gasteiger partial charge on any atom is 0.0330 e. The van der Waals surface area contributed by atoms with Crippen molar-refractivity contribution in [1.29, 1.82) is 0 Å². The third-order valence-electron chi connectivity index (χ3n) is 4.05. The molecule has 1 rings (SSSR count). The summed E-state index contributed by atoms with van der Waals surface area (Å²) in [7, 11) is 2.05. The van der Waals surface area contributed by atoms with Gasteiger partial charge >= 0.3 is 0 Å². The largest absolute Gasteiger partial charge is 0.313 e. The molecule has 0 aliphatic heterocycles. The van der Waals surface area contributed by atoms with Crippen LogP contribution in [0, 0.1) is 5.92 Å². The van der Waals surface area contributed by atoms with Crippen LogP contribution in [0.25, 0.3) is 0 Å². The van der Waals surface area contributed by atoms with Crippen molar-refractivity contribution < 1.29 is 0 Å². The molecular formula is C17H29BrN2. The minimum absolute atomic E-state index is 0.429. The lowest BCUT2D eigenvalue weighted by Gasteiger charge is -2.26. The summed E-state index contributed by atoms with van der Waals surface area (Å²) in [5, 5.41) is 3.44. The smallest absolute Gasteiger partial charge is 0.0330 e. The molecule has 114 valence electrons. The van der Waals surface area contributed by atoms with Crippen molar-refractivity contribution in [3.05, 3.63) is 34.3 Å². The van der Waals surface area contributed by atoms with Crippen molar-refractivity contribution in [3.8, 4) is 0 Å². The fraction of sp³-hybridized carbons (Fsp3) is 0.647. The molecule has 0 radical (unpaired) electrons. The van der Waals surface area contributed by atoms with Crippen LogP contribution in [0.1, 0.15) is 45.2 Å². The highest BCUT2D eigenvalue weighted by atomic mass is 79.9. The van der Waals surface area contributed by atoms with E-state index < -0.39 is 0 Å². The Morgan fingerprint density at radius 2 is 2.05 bits per heavy atom. The van der Waals surface area contributed by atoms with E-state index in [-0.39, 0.29) is 0 Å². The molecule has 0 spiro atoms. The maximum absolute atomic E-state index is 3.56. The second-order valence-electron chi connectivity index (χ2n) is 5.59. The molecule has 0 saturated carbocycles. The summed E-state index contributed by atoms with van der Waals surface area (Å²) in [5.41, 5.74) is 1.36. The van der Waals surface area contributed by atoms with E-state index in [0.717, 1.165) is 29.9 Å². The molecule has 2 atom stereocenters. The molecule has 0 aliphatic carbocycles. The van der Waals surface area contributed by atoms with E-state index >= 15 is 0 Å². The lowest BCUT2D eigenvalue weighted by molar-refractivity contribution is 0.234. The van der Waals surface area contributed by atoms with E-state index in [1.807, 2.05) is 0 Å². The van der Waals surface area contributed by atoms with Gasteiger partial charge in [-0.15, -0.1) is 0 Å². The fourth-order valence-corrected chi connectivity index (χ4v) is 2.88. The van der Waals surface area contributed by atoms with Gasteiger partial charge in [0.15, 0.2) is 0 Å². The highest BCUT2D eigenvalue weighted by molar-refractivity contribution is 9.10. The van der Waals surface area contributed by atoms with Crippen molar-refractivity contribution in [1.82, 2.24) is 10.2 Å². The van der Waals surface area contributed by atoms with Crippen LogP contribution in [0.15, 0.2) is 28.7 Å². The van der Waals surface area contributed by atoms with Crippen molar-refractivity contribution in [2.45, 2.75) is 39.7 Å². The highest BCUT2D eigenvalue weighted by Gasteiger charge is 2.13. The van der Waals surface area contributed by atoms with Crippen LogP contribution in [0.4, 0.5) is 0 Å². The average molecular weight is 341 g/mol. The molecule has 3 heteroatoms. The van der Waals surface area contributed by atoms with Gasteiger partial charge in [0.25, 0.3) is 0 Å².